The van der Waals surface area contributed by atoms with E-state index in [0.29, 0.717) is 6.42 Å². The number of amides is 1. The second-order valence-electron chi connectivity index (χ2n) is 4.48. The van der Waals surface area contributed by atoms with Gasteiger partial charge in [-0.15, -0.1) is 11.3 Å². The van der Waals surface area contributed by atoms with Crippen molar-refractivity contribution in [2.24, 2.45) is 0 Å². The summed E-state index contributed by atoms with van der Waals surface area (Å²) in [5.74, 6) is 1.11. The highest BCUT2D eigenvalue weighted by Crippen LogP contribution is 2.30. The zero-order chi connectivity index (χ0) is 12.4. The Morgan fingerprint density at radius 3 is 3.28 bits per heavy atom. The Morgan fingerprint density at radius 1 is 1.61 bits per heavy atom. The highest BCUT2D eigenvalue weighted by molar-refractivity contribution is 7.10. The molecule has 2 aromatic heterocycles. The summed E-state index contributed by atoms with van der Waals surface area (Å²) < 4.78 is 0. The summed E-state index contributed by atoms with van der Waals surface area (Å²) in [5, 5.41) is 2.01. The van der Waals surface area contributed by atoms with Crippen LogP contribution in [-0.4, -0.2) is 27.3 Å². The van der Waals surface area contributed by atoms with Crippen LogP contribution in [0.5, 0.6) is 0 Å². The third-order valence-corrected chi connectivity index (χ3v) is 4.19. The van der Waals surface area contributed by atoms with Crippen LogP contribution in [0.2, 0.25) is 0 Å². The van der Waals surface area contributed by atoms with Crippen LogP contribution in [0.3, 0.4) is 0 Å². The van der Waals surface area contributed by atoms with Gasteiger partial charge in [-0.05, 0) is 24.3 Å². The minimum absolute atomic E-state index is 0.132. The molecule has 18 heavy (non-hydrogen) atoms. The molecule has 3 heterocycles. The molecule has 4 nitrogen and oxygen atoms in total. The van der Waals surface area contributed by atoms with E-state index in [-0.39, 0.29) is 11.9 Å². The van der Waals surface area contributed by atoms with E-state index in [1.807, 2.05) is 28.6 Å². The number of rotatable bonds is 3. The third kappa shape index (κ3) is 2.18. The van der Waals surface area contributed by atoms with Crippen LogP contribution in [-0.2, 0) is 11.2 Å². The first-order valence-electron chi connectivity index (χ1n) is 6.16. The van der Waals surface area contributed by atoms with Gasteiger partial charge in [0.25, 0.3) is 0 Å². The molecule has 3 rings (SSSR count). The first-order valence-corrected chi connectivity index (χ1v) is 7.03. The molecule has 1 aliphatic rings. The molecule has 0 saturated carbocycles. The van der Waals surface area contributed by atoms with Crippen molar-refractivity contribution >= 4 is 17.2 Å². The van der Waals surface area contributed by atoms with E-state index in [1.165, 1.54) is 0 Å². The lowest BCUT2D eigenvalue weighted by Crippen LogP contribution is -2.32. The van der Waals surface area contributed by atoms with Crippen molar-refractivity contribution in [3.05, 3.63) is 40.6 Å². The molecule has 1 fully saturated rings. The van der Waals surface area contributed by atoms with Crippen molar-refractivity contribution < 1.29 is 4.79 Å². The maximum Gasteiger partial charge on any atom is 0.228 e. The van der Waals surface area contributed by atoms with Gasteiger partial charge in [-0.3, -0.25) is 4.79 Å². The summed E-state index contributed by atoms with van der Waals surface area (Å²) in [6.07, 6.45) is 6.13. The number of H-pyrrole nitrogens is 1. The van der Waals surface area contributed by atoms with Gasteiger partial charge in [-0.2, -0.15) is 0 Å². The number of nitrogens with zero attached hydrogens (tertiary/aromatic N) is 2. The van der Waals surface area contributed by atoms with E-state index in [1.54, 1.807) is 17.5 Å². The lowest BCUT2D eigenvalue weighted by atomic mass is 10.2. The van der Waals surface area contributed by atoms with Crippen LogP contribution in [0.4, 0.5) is 0 Å². The Balaban J connectivity index is 1.73. The van der Waals surface area contributed by atoms with Gasteiger partial charge in [0, 0.05) is 23.8 Å². The van der Waals surface area contributed by atoms with Gasteiger partial charge in [0.2, 0.25) is 5.91 Å². The van der Waals surface area contributed by atoms with E-state index in [4.69, 9.17) is 0 Å². The van der Waals surface area contributed by atoms with Crippen molar-refractivity contribution in [2.75, 3.05) is 6.54 Å². The molecular formula is C13H15N3OS. The van der Waals surface area contributed by atoms with Crippen molar-refractivity contribution in [2.45, 2.75) is 25.3 Å². The molecule has 0 bridgehead atoms. The minimum Gasteiger partial charge on any atom is -0.347 e. The molecule has 1 amide bonds. The molecule has 1 saturated heterocycles. The Labute approximate surface area is 110 Å². The zero-order valence-corrected chi connectivity index (χ0v) is 10.8. The molecule has 1 N–H and O–H groups in total. The lowest BCUT2D eigenvalue weighted by Gasteiger charge is -2.23. The first kappa shape index (κ1) is 11.5. The highest BCUT2D eigenvalue weighted by Gasteiger charge is 2.31. The molecule has 1 atom stereocenters. The average Bonchev–Trinajstić information content (AvgIpc) is 3.11. The maximum absolute atomic E-state index is 12.3. The summed E-state index contributed by atoms with van der Waals surface area (Å²) in [7, 11) is 0. The second kappa shape index (κ2) is 4.94. The Morgan fingerprint density at radius 2 is 2.56 bits per heavy atom. The van der Waals surface area contributed by atoms with Crippen molar-refractivity contribution in [1.82, 2.24) is 14.9 Å². The fourth-order valence-corrected chi connectivity index (χ4v) is 3.17. The molecule has 0 aromatic carbocycles. The number of aromatic nitrogens is 2. The van der Waals surface area contributed by atoms with Crippen molar-refractivity contribution in [3.63, 3.8) is 0 Å². The number of thiophene rings is 1. The standard InChI is InChI=1S/C13H15N3OS/c17-12(9-10-3-2-8-18-10)16-7-1-4-11(16)13-14-5-6-15-13/h2-3,5-6,8,11H,1,4,7,9H2,(H,14,15). The number of carbonyl (C=O) groups excluding carboxylic acids is 1. The number of aromatic amines is 1. The summed E-state index contributed by atoms with van der Waals surface area (Å²) in [6, 6.07) is 4.13. The Kier molecular flexibility index (Phi) is 3.15. The maximum atomic E-state index is 12.3. The predicted octanol–water partition coefficient (Wildman–Crippen LogP) is 2.38. The normalized spacial score (nSPS) is 19.3. The van der Waals surface area contributed by atoms with Crippen LogP contribution < -0.4 is 0 Å². The van der Waals surface area contributed by atoms with Crippen LogP contribution in [0.25, 0.3) is 0 Å². The fourth-order valence-electron chi connectivity index (χ4n) is 2.47. The Hall–Kier alpha value is -1.62. The molecule has 0 spiro atoms. The van der Waals surface area contributed by atoms with E-state index >= 15 is 0 Å². The summed E-state index contributed by atoms with van der Waals surface area (Å²) in [5.41, 5.74) is 0. The molecule has 2 aromatic rings. The van der Waals surface area contributed by atoms with Gasteiger partial charge < -0.3 is 9.88 Å². The number of carbonyl (C=O) groups is 1. The van der Waals surface area contributed by atoms with Gasteiger partial charge in [0.15, 0.2) is 0 Å². The predicted molar refractivity (Wildman–Crippen MR) is 70.3 cm³/mol. The fraction of sp³-hybridized carbons (Fsp3) is 0.385. The largest absolute Gasteiger partial charge is 0.347 e. The first-order chi connectivity index (χ1) is 8.84. The van der Waals surface area contributed by atoms with E-state index in [2.05, 4.69) is 9.97 Å². The number of hydrogen-bond acceptors (Lipinski definition) is 3. The number of hydrogen-bond donors (Lipinski definition) is 1. The van der Waals surface area contributed by atoms with Gasteiger partial charge in [0.05, 0.1) is 12.5 Å². The second-order valence-corrected chi connectivity index (χ2v) is 5.51. The third-order valence-electron chi connectivity index (χ3n) is 3.31. The van der Waals surface area contributed by atoms with Crippen molar-refractivity contribution in [1.29, 1.82) is 0 Å². The van der Waals surface area contributed by atoms with E-state index in [9.17, 15) is 4.79 Å². The molecule has 94 valence electrons. The van der Waals surface area contributed by atoms with Crippen LogP contribution in [0, 0.1) is 0 Å². The van der Waals surface area contributed by atoms with E-state index in [0.717, 1.165) is 30.1 Å². The molecular weight excluding hydrogens is 246 g/mol. The average molecular weight is 261 g/mol. The highest BCUT2D eigenvalue weighted by atomic mass is 32.1. The molecule has 0 radical (unpaired) electrons. The van der Waals surface area contributed by atoms with Crippen molar-refractivity contribution in [3.8, 4) is 0 Å². The monoisotopic (exact) mass is 261 g/mol. The van der Waals surface area contributed by atoms with E-state index < -0.39 is 0 Å². The number of imidazole rings is 1. The summed E-state index contributed by atoms with van der Waals surface area (Å²) >= 11 is 1.64. The summed E-state index contributed by atoms with van der Waals surface area (Å²) in [6.45, 7) is 0.843. The summed E-state index contributed by atoms with van der Waals surface area (Å²) in [4.78, 5) is 22.8. The molecule has 1 unspecified atom stereocenters. The van der Waals surface area contributed by atoms with Crippen LogP contribution in [0.1, 0.15) is 29.6 Å². The number of nitrogens with one attached hydrogen (secondary N) is 1. The van der Waals surface area contributed by atoms with Gasteiger partial charge in [0.1, 0.15) is 5.82 Å². The SMILES string of the molecule is O=C(Cc1cccs1)N1CCCC1c1ncc[nH]1. The lowest BCUT2D eigenvalue weighted by molar-refractivity contribution is -0.131. The van der Waals surface area contributed by atoms with Gasteiger partial charge in [-0.1, -0.05) is 6.07 Å². The molecule has 5 heteroatoms. The molecule has 0 aliphatic carbocycles. The number of likely N-dealkylation sites (tertiary alicyclic amines) is 1. The van der Waals surface area contributed by atoms with Gasteiger partial charge in [-0.25, -0.2) is 4.98 Å². The quantitative estimate of drug-likeness (QED) is 0.922. The van der Waals surface area contributed by atoms with Crippen LogP contribution >= 0.6 is 11.3 Å². The van der Waals surface area contributed by atoms with Crippen LogP contribution in [0.15, 0.2) is 29.9 Å². The minimum atomic E-state index is 0.132. The zero-order valence-electron chi connectivity index (χ0n) is 10.0. The smallest absolute Gasteiger partial charge is 0.228 e. The topological polar surface area (TPSA) is 49.0 Å². The Bertz CT molecular complexity index is 506. The molecule has 1 aliphatic heterocycles. The van der Waals surface area contributed by atoms with Gasteiger partial charge >= 0.3 is 0 Å².